The Hall–Kier alpha value is -1.06. The fraction of sp³-hybridized carbons (Fsp3) is 0.364. The molecule has 1 heterocycles. The zero-order valence-corrected chi connectivity index (χ0v) is 9.09. The first-order chi connectivity index (χ1) is 6.75. The second-order valence-electron chi connectivity index (χ2n) is 3.73. The number of aromatic carboxylic acids is 1. The Balaban J connectivity index is 0.00000112. The van der Waals surface area contributed by atoms with Crippen molar-refractivity contribution in [3.05, 3.63) is 35.4 Å². The number of halogens is 1. The summed E-state index contributed by atoms with van der Waals surface area (Å²) in [7, 11) is 0. The van der Waals surface area contributed by atoms with Crippen molar-refractivity contribution in [1.82, 2.24) is 5.32 Å². The number of benzene rings is 1. The fourth-order valence-corrected chi connectivity index (χ4v) is 1.61. The third kappa shape index (κ3) is 2.94. The van der Waals surface area contributed by atoms with Gasteiger partial charge in [-0.05, 0) is 43.1 Å². The summed E-state index contributed by atoms with van der Waals surface area (Å²) < 4.78 is 0. The molecule has 1 saturated heterocycles. The molecule has 4 heteroatoms. The van der Waals surface area contributed by atoms with E-state index in [4.69, 9.17) is 5.11 Å². The van der Waals surface area contributed by atoms with Crippen LogP contribution in [-0.4, -0.2) is 24.2 Å². The quantitative estimate of drug-likeness (QED) is 0.824. The van der Waals surface area contributed by atoms with Crippen molar-refractivity contribution in [3.8, 4) is 0 Å². The Morgan fingerprint density at radius 1 is 1.33 bits per heavy atom. The van der Waals surface area contributed by atoms with Crippen LogP contribution < -0.4 is 5.32 Å². The summed E-state index contributed by atoms with van der Waals surface area (Å²) >= 11 is 0. The third-order valence-electron chi connectivity index (χ3n) is 2.59. The minimum Gasteiger partial charge on any atom is -0.478 e. The summed E-state index contributed by atoms with van der Waals surface area (Å²) in [6.45, 7) is 2.17. The molecule has 2 N–H and O–H groups in total. The molecule has 2 rings (SSSR count). The molecule has 0 radical (unpaired) electrons. The highest BCUT2D eigenvalue weighted by molar-refractivity contribution is 5.87. The molecule has 1 aromatic rings. The largest absolute Gasteiger partial charge is 0.478 e. The van der Waals surface area contributed by atoms with Crippen LogP contribution >= 0.6 is 12.4 Å². The summed E-state index contributed by atoms with van der Waals surface area (Å²) in [5.74, 6) is -0.132. The van der Waals surface area contributed by atoms with Gasteiger partial charge in [0.25, 0.3) is 0 Å². The van der Waals surface area contributed by atoms with Gasteiger partial charge in [-0.1, -0.05) is 12.1 Å². The number of hydrogen-bond acceptors (Lipinski definition) is 2. The van der Waals surface area contributed by atoms with Gasteiger partial charge in [0, 0.05) is 0 Å². The maximum Gasteiger partial charge on any atom is 0.335 e. The lowest BCUT2D eigenvalue weighted by Gasteiger charge is -2.27. The molecule has 82 valence electrons. The average molecular weight is 228 g/mol. The van der Waals surface area contributed by atoms with E-state index in [1.165, 1.54) is 5.56 Å². The van der Waals surface area contributed by atoms with Gasteiger partial charge in [0.15, 0.2) is 0 Å². The number of hydrogen-bond donors (Lipinski definition) is 2. The zero-order valence-electron chi connectivity index (χ0n) is 8.27. The summed E-state index contributed by atoms with van der Waals surface area (Å²) in [6, 6.07) is 7.15. The third-order valence-corrected chi connectivity index (χ3v) is 2.59. The first kappa shape index (κ1) is 12.0. The van der Waals surface area contributed by atoms with Crippen molar-refractivity contribution in [2.24, 2.45) is 5.92 Å². The standard InChI is InChI=1S/C11H13NO2.ClH/c13-11(14)10-3-1-8(2-4-10)5-9-6-12-7-9;/h1-4,9,12H,5-7H2,(H,13,14);1H. The smallest absolute Gasteiger partial charge is 0.335 e. The Labute approximate surface area is 94.9 Å². The van der Waals surface area contributed by atoms with Crippen LogP contribution in [0.3, 0.4) is 0 Å². The van der Waals surface area contributed by atoms with Crippen molar-refractivity contribution in [2.75, 3.05) is 13.1 Å². The monoisotopic (exact) mass is 227 g/mol. The predicted octanol–water partition coefficient (Wildman–Crippen LogP) is 1.57. The molecule has 0 atom stereocenters. The van der Waals surface area contributed by atoms with E-state index in [0.29, 0.717) is 5.56 Å². The molecule has 3 nitrogen and oxygen atoms in total. The summed E-state index contributed by atoms with van der Waals surface area (Å²) in [4.78, 5) is 10.6. The highest BCUT2D eigenvalue weighted by Gasteiger charge is 2.16. The van der Waals surface area contributed by atoms with Crippen LogP contribution in [-0.2, 0) is 6.42 Å². The van der Waals surface area contributed by atoms with Crippen LogP contribution in [0.25, 0.3) is 0 Å². The number of rotatable bonds is 3. The maximum atomic E-state index is 10.6. The van der Waals surface area contributed by atoms with Crippen molar-refractivity contribution >= 4 is 18.4 Å². The van der Waals surface area contributed by atoms with Crippen molar-refractivity contribution in [2.45, 2.75) is 6.42 Å². The molecule has 1 aliphatic heterocycles. The number of nitrogens with one attached hydrogen (secondary N) is 1. The molecule has 0 spiro atoms. The number of carbonyl (C=O) groups is 1. The highest BCUT2D eigenvalue weighted by Crippen LogP contribution is 2.13. The van der Waals surface area contributed by atoms with Gasteiger partial charge in [0.05, 0.1) is 5.56 Å². The molecule has 0 aliphatic carbocycles. The van der Waals surface area contributed by atoms with E-state index >= 15 is 0 Å². The van der Waals surface area contributed by atoms with E-state index in [2.05, 4.69) is 5.32 Å². The molecule has 0 amide bonds. The van der Waals surface area contributed by atoms with E-state index < -0.39 is 5.97 Å². The topological polar surface area (TPSA) is 49.3 Å². The van der Waals surface area contributed by atoms with Gasteiger partial charge in [-0.25, -0.2) is 4.79 Å². The fourth-order valence-electron chi connectivity index (χ4n) is 1.61. The van der Waals surface area contributed by atoms with Crippen LogP contribution in [0.2, 0.25) is 0 Å². The Kier molecular flexibility index (Phi) is 4.12. The van der Waals surface area contributed by atoms with Gasteiger partial charge in [-0.2, -0.15) is 0 Å². The predicted molar refractivity (Wildman–Crippen MR) is 60.7 cm³/mol. The molecule has 1 fully saturated rings. The van der Waals surface area contributed by atoms with Crippen molar-refractivity contribution in [3.63, 3.8) is 0 Å². The number of carboxylic acids is 1. The molecule has 0 aromatic heterocycles. The minimum atomic E-state index is -0.859. The van der Waals surface area contributed by atoms with E-state index in [0.717, 1.165) is 25.4 Å². The Morgan fingerprint density at radius 3 is 2.33 bits per heavy atom. The van der Waals surface area contributed by atoms with E-state index in [1.807, 2.05) is 12.1 Å². The minimum absolute atomic E-state index is 0. The van der Waals surface area contributed by atoms with Crippen LogP contribution in [0.4, 0.5) is 0 Å². The van der Waals surface area contributed by atoms with Gasteiger partial charge in [-0.3, -0.25) is 0 Å². The van der Waals surface area contributed by atoms with Gasteiger partial charge in [-0.15, -0.1) is 12.4 Å². The molecule has 15 heavy (non-hydrogen) atoms. The average Bonchev–Trinajstić information content (AvgIpc) is 2.12. The van der Waals surface area contributed by atoms with Crippen LogP contribution in [0, 0.1) is 5.92 Å². The van der Waals surface area contributed by atoms with Crippen LogP contribution in [0.1, 0.15) is 15.9 Å². The van der Waals surface area contributed by atoms with Gasteiger partial charge in [0.2, 0.25) is 0 Å². The first-order valence-electron chi connectivity index (χ1n) is 4.78. The molecule has 1 aliphatic rings. The first-order valence-corrected chi connectivity index (χ1v) is 4.78. The molecule has 0 saturated carbocycles. The normalized spacial score (nSPS) is 15.2. The Morgan fingerprint density at radius 2 is 1.93 bits per heavy atom. The molecule has 0 bridgehead atoms. The molecule has 1 aromatic carbocycles. The second kappa shape index (κ2) is 5.14. The molecular formula is C11H14ClNO2. The van der Waals surface area contributed by atoms with Gasteiger partial charge >= 0.3 is 5.97 Å². The SMILES string of the molecule is Cl.O=C(O)c1ccc(CC2CNC2)cc1. The lowest BCUT2D eigenvalue weighted by atomic mass is 9.94. The maximum absolute atomic E-state index is 10.6. The van der Waals surface area contributed by atoms with Gasteiger partial charge in [0.1, 0.15) is 0 Å². The van der Waals surface area contributed by atoms with Crippen LogP contribution in [0.5, 0.6) is 0 Å². The van der Waals surface area contributed by atoms with Crippen molar-refractivity contribution in [1.29, 1.82) is 0 Å². The molecule has 0 unspecified atom stereocenters. The second-order valence-corrected chi connectivity index (χ2v) is 3.73. The molecular weight excluding hydrogens is 214 g/mol. The highest BCUT2D eigenvalue weighted by atomic mass is 35.5. The van der Waals surface area contributed by atoms with Crippen LogP contribution in [0.15, 0.2) is 24.3 Å². The van der Waals surface area contributed by atoms with E-state index in [9.17, 15) is 4.79 Å². The summed E-state index contributed by atoms with van der Waals surface area (Å²) in [5.41, 5.74) is 1.59. The Bertz CT molecular complexity index is 333. The van der Waals surface area contributed by atoms with E-state index in [-0.39, 0.29) is 12.4 Å². The summed E-state index contributed by atoms with van der Waals surface area (Å²) in [6.07, 6.45) is 1.05. The van der Waals surface area contributed by atoms with Crippen molar-refractivity contribution < 1.29 is 9.90 Å². The van der Waals surface area contributed by atoms with Gasteiger partial charge < -0.3 is 10.4 Å². The lowest BCUT2D eigenvalue weighted by molar-refractivity contribution is 0.0697. The van der Waals surface area contributed by atoms with E-state index in [1.54, 1.807) is 12.1 Å². The number of carboxylic acid groups (broad SMARTS) is 1. The summed E-state index contributed by atoms with van der Waals surface area (Å²) in [5, 5.41) is 11.9. The lowest BCUT2D eigenvalue weighted by Crippen LogP contribution is -2.43. The zero-order chi connectivity index (χ0) is 9.97.